The van der Waals surface area contributed by atoms with Gasteiger partial charge in [0.05, 0.1) is 27.3 Å². The number of aromatic nitrogens is 5. The third-order valence-electron chi connectivity index (χ3n) is 14.0. The smallest absolute Gasteiger partial charge is 0.297 e. The standard InChI is InChI=1S/C60H78FN11O10S2/c1-9-10-11-12-13-14-15-16-17-18-19-20-21-22-23-24-37-62-57(73)42-27-36-50(51(38-42)72(75)76)70-58(74)47(54(82-70)60(5,6)7)40-81-45-32-30-44(31-33-45)69-84(79,80)46-34-35-49(48(61)39-46)64-65-52-53(59(2,3)4)66-71-56(52)63-55(67-71)41-25-28-43(29-26-41)68-83(8,77)78/h25-36,38-39,66,68-69H,9-24,37,40H2,1-8H3,(H,62,73). The Bertz CT molecular complexity index is 3710. The van der Waals surface area contributed by atoms with Gasteiger partial charge in [0.1, 0.15) is 18.0 Å². The Labute approximate surface area is 490 Å². The number of nitro benzene ring substituents is 1. The van der Waals surface area contributed by atoms with Crippen molar-refractivity contribution >= 4 is 60.0 Å². The maximum atomic E-state index is 15.7. The molecule has 7 aromatic rings. The van der Waals surface area contributed by atoms with Crippen LogP contribution in [0.25, 0.3) is 22.7 Å². The first-order valence-electron chi connectivity index (χ1n) is 28.7. The highest BCUT2D eigenvalue weighted by Gasteiger charge is 2.32. The fourth-order valence-electron chi connectivity index (χ4n) is 9.53. The predicted octanol–water partition coefficient (Wildman–Crippen LogP) is 14.3. The number of hydrogen-bond acceptors (Lipinski definition) is 14. The molecule has 0 aliphatic carbocycles. The molecule has 0 saturated heterocycles. The van der Waals surface area contributed by atoms with Gasteiger partial charge in [-0.25, -0.2) is 26.2 Å². The molecule has 0 fully saturated rings. The summed E-state index contributed by atoms with van der Waals surface area (Å²) < 4.78 is 85.2. The highest BCUT2D eigenvalue weighted by Crippen LogP contribution is 2.37. The third kappa shape index (κ3) is 17.4. The van der Waals surface area contributed by atoms with Gasteiger partial charge >= 0.3 is 0 Å². The normalized spacial score (nSPS) is 12.3. The van der Waals surface area contributed by atoms with Crippen molar-refractivity contribution in [2.24, 2.45) is 10.2 Å². The molecule has 0 atom stereocenters. The van der Waals surface area contributed by atoms with Crippen LogP contribution in [-0.4, -0.2) is 65.0 Å². The summed E-state index contributed by atoms with van der Waals surface area (Å²) in [5.74, 6) is -0.698. The van der Waals surface area contributed by atoms with Gasteiger partial charge in [-0.05, 0) is 85.3 Å². The summed E-state index contributed by atoms with van der Waals surface area (Å²) in [5.41, 5.74) is -0.580. The number of hydrogen-bond donors (Lipinski definition) is 4. The summed E-state index contributed by atoms with van der Waals surface area (Å²) >= 11 is 0. The SMILES string of the molecule is CCCCCCCCCCCCCCCCCCNC(=O)c1ccc(-n2oc(C(C)(C)C)c(COc3ccc(NS(=O)(=O)c4ccc(N=Nc5c(C(C)(C)C)[nH]n6nc(-c7ccc(NS(C)(=O)=O)cc7)nc56)c(F)c4)cc3)c2=O)c([N+](=O)[O-])c1. The third-order valence-corrected chi connectivity index (χ3v) is 16.0. The van der Waals surface area contributed by atoms with E-state index in [9.17, 15) is 36.5 Å². The number of rotatable bonds is 31. The van der Waals surface area contributed by atoms with Crippen molar-refractivity contribution in [1.82, 2.24) is 29.9 Å². The molecule has 21 nitrogen and oxygen atoms in total. The Balaban J connectivity index is 0.932. The van der Waals surface area contributed by atoms with E-state index in [-0.39, 0.29) is 57.6 Å². The quantitative estimate of drug-likeness (QED) is 0.0137. The Morgan fingerprint density at radius 2 is 1.35 bits per heavy atom. The average Bonchev–Trinajstić information content (AvgIpc) is 4.26. The number of nitrogens with one attached hydrogen (secondary N) is 4. The molecule has 0 spiro atoms. The lowest BCUT2D eigenvalue weighted by Crippen LogP contribution is -2.25. The van der Waals surface area contributed by atoms with Crippen molar-refractivity contribution in [2.75, 3.05) is 22.2 Å². The van der Waals surface area contributed by atoms with Crippen LogP contribution < -0.4 is 25.1 Å². The fourth-order valence-corrected chi connectivity index (χ4v) is 11.2. The van der Waals surface area contributed by atoms with E-state index in [1.165, 1.54) is 130 Å². The predicted molar refractivity (Wildman–Crippen MR) is 324 cm³/mol. The van der Waals surface area contributed by atoms with Gasteiger partial charge in [-0.2, -0.15) is 4.63 Å². The second kappa shape index (κ2) is 28.2. The number of nitrogens with zero attached hydrogens (tertiary/aromatic N) is 7. The minimum absolute atomic E-state index is 0.0698. The van der Waals surface area contributed by atoms with Gasteiger partial charge in [-0.3, -0.25) is 34.2 Å². The summed E-state index contributed by atoms with van der Waals surface area (Å²) in [6, 6.07) is 19.2. The van der Waals surface area contributed by atoms with Crippen molar-refractivity contribution in [3.8, 4) is 22.8 Å². The van der Waals surface area contributed by atoms with Crippen LogP contribution in [0.4, 0.5) is 32.8 Å². The highest BCUT2D eigenvalue weighted by molar-refractivity contribution is 7.92. The lowest BCUT2D eigenvalue weighted by molar-refractivity contribution is -0.384. The second-order valence-corrected chi connectivity index (χ2v) is 26.6. The van der Waals surface area contributed by atoms with E-state index in [1.807, 2.05) is 20.8 Å². The van der Waals surface area contributed by atoms with Crippen molar-refractivity contribution in [2.45, 2.75) is 174 Å². The van der Waals surface area contributed by atoms with Gasteiger partial charge in [0, 0.05) is 45.9 Å². The van der Waals surface area contributed by atoms with E-state index in [4.69, 9.17) is 9.26 Å². The van der Waals surface area contributed by atoms with E-state index in [2.05, 4.69) is 47.1 Å². The Kier molecular flexibility index (Phi) is 21.5. The van der Waals surface area contributed by atoms with E-state index in [1.54, 1.807) is 45.0 Å². The summed E-state index contributed by atoms with van der Waals surface area (Å²) in [7, 11) is -7.82. The van der Waals surface area contributed by atoms with Crippen molar-refractivity contribution in [1.29, 1.82) is 0 Å². The van der Waals surface area contributed by atoms with Crippen LogP contribution in [0.5, 0.6) is 5.75 Å². The molecular weight excluding hydrogens is 1120 g/mol. The summed E-state index contributed by atoms with van der Waals surface area (Å²) in [6.07, 6.45) is 20.9. The molecule has 4 N–H and O–H groups in total. The zero-order valence-electron chi connectivity index (χ0n) is 49.2. The summed E-state index contributed by atoms with van der Waals surface area (Å²) in [5, 5.41) is 31.5. The summed E-state index contributed by atoms with van der Waals surface area (Å²) in [6.45, 7) is 13.5. The zero-order valence-corrected chi connectivity index (χ0v) is 50.9. The van der Waals surface area contributed by atoms with Gasteiger partial charge < -0.3 is 14.6 Å². The first-order chi connectivity index (χ1) is 39.8. The molecule has 4 aromatic carbocycles. The molecule has 1 amide bonds. The minimum Gasteiger partial charge on any atom is -0.489 e. The van der Waals surface area contributed by atoms with Crippen LogP contribution in [0.15, 0.2) is 109 Å². The number of H-pyrrole nitrogens is 1. The average molecular weight is 1200 g/mol. The van der Waals surface area contributed by atoms with Crippen LogP contribution in [0.3, 0.4) is 0 Å². The Morgan fingerprint density at radius 3 is 1.90 bits per heavy atom. The number of anilines is 2. The molecule has 0 unspecified atom stereocenters. The Morgan fingerprint density at radius 1 is 0.762 bits per heavy atom. The monoisotopic (exact) mass is 1200 g/mol. The molecule has 3 aromatic heterocycles. The number of nitro groups is 1. The topological polar surface area (TPSA) is 280 Å². The van der Waals surface area contributed by atoms with E-state index in [0.29, 0.717) is 29.3 Å². The first kappa shape index (κ1) is 63.8. The van der Waals surface area contributed by atoms with Crippen LogP contribution in [0, 0.1) is 15.9 Å². The van der Waals surface area contributed by atoms with Crippen molar-refractivity contribution in [3.63, 3.8) is 0 Å². The molecule has 24 heteroatoms. The van der Waals surface area contributed by atoms with Gasteiger partial charge in [-0.1, -0.05) is 145 Å². The molecule has 0 radical (unpaired) electrons. The lowest BCUT2D eigenvalue weighted by atomic mass is 9.91. The number of benzene rings is 4. The summed E-state index contributed by atoms with van der Waals surface area (Å²) in [4.78, 5) is 43.2. The maximum Gasteiger partial charge on any atom is 0.297 e. The number of carbonyl (C=O) groups excluding carboxylic acids is 1. The number of halogens is 1. The number of carbonyl (C=O) groups is 1. The maximum absolute atomic E-state index is 15.7. The van der Waals surface area contributed by atoms with Crippen molar-refractivity contribution < 1.29 is 40.2 Å². The molecule has 0 aliphatic heterocycles. The van der Waals surface area contributed by atoms with E-state index in [0.717, 1.165) is 48.8 Å². The van der Waals surface area contributed by atoms with Gasteiger partial charge in [0.2, 0.25) is 15.7 Å². The van der Waals surface area contributed by atoms with Gasteiger partial charge in [-0.15, -0.1) is 20.1 Å². The van der Waals surface area contributed by atoms with Crippen LogP contribution in [0.1, 0.15) is 179 Å². The second-order valence-electron chi connectivity index (χ2n) is 23.2. The molecule has 452 valence electrons. The molecular formula is C60H78FN11O10S2. The number of ether oxygens (including phenoxy) is 1. The number of fused-ring (bicyclic) bond motifs is 1. The molecule has 3 heterocycles. The molecule has 0 aliphatic rings. The number of aromatic amines is 1. The first-order valence-corrected chi connectivity index (χ1v) is 32.1. The Hall–Kier alpha value is -7.73. The molecule has 0 saturated carbocycles. The number of amides is 1. The largest absolute Gasteiger partial charge is 0.489 e. The lowest BCUT2D eigenvalue weighted by Gasteiger charge is -2.16. The van der Waals surface area contributed by atoms with Gasteiger partial charge in [0.25, 0.3) is 27.2 Å². The van der Waals surface area contributed by atoms with E-state index >= 15 is 4.39 Å². The molecule has 84 heavy (non-hydrogen) atoms. The van der Waals surface area contributed by atoms with Crippen molar-refractivity contribution in [3.05, 3.63) is 134 Å². The van der Waals surface area contributed by atoms with Crippen LogP contribution in [-0.2, 0) is 37.5 Å². The zero-order chi connectivity index (χ0) is 60.8. The number of azo groups is 1. The fraction of sp³-hybridized carbons (Fsp3) is 0.467. The van der Waals surface area contributed by atoms with Crippen LogP contribution in [0.2, 0.25) is 0 Å². The van der Waals surface area contributed by atoms with Crippen LogP contribution >= 0.6 is 0 Å². The number of unbranched alkanes of at least 4 members (excludes halogenated alkanes) is 15. The van der Waals surface area contributed by atoms with E-state index < -0.39 is 63.7 Å². The molecule has 7 rings (SSSR count). The molecule has 0 bridgehead atoms. The highest BCUT2D eigenvalue weighted by atomic mass is 32.2. The number of sulfonamides is 2. The minimum atomic E-state index is -4.34. The van der Waals surface area contributed by atoms with Gasteiger partial charge in [0.15, 0.2) is 28.8 Å².